The van der Waals surface area contributed by atoms with Gasteiger partial charge in [-0.05, 0) is 6.92 Å². The number of Topliss-reactive ketones (excluding diaryl/α,β-unsaturated/α-hetero) is 1. The first-order chi connectivity index (χ1) is 11.6. The number of thioether (sulfide) groups is 1. The lowest BCUT2D eigenvalue weighted by molar-refractivity contribution is -0.385. The Balaban J connectivity index is 2.27. The van der Waals surface area contributed by atoms with Gasteiger partial charge in [-0.1, -0.05) is 12.1 Å². The van der Waals surface area contributed by atoms with Crippen LogP contribution in [0.3, 0.4) is 0 Å². The predicted octanol–water partition coefficient (Wildman–Crippen LogP) is 4.57. The number of hydrogen-bond donors (Lipinski definition) is 0. The first-order valence-corrected chi connectivity index (χ1v) is 7.56. The molecule has 10 heteroatoms. The summed E-state index contributed by atoms with van der Waals surface area (Å²) in [6.45, 7) is 1.45. The molecule has 0 aliphatic heterocycles. The molecule has 0 amide bonds. The Morgan fingerprint density at radius 3 is 2.08 bits per heavy atom. The summed E-state index contributed by atoms with van der Waals surface area (Å²) in [7, 11) is 0. The average Bonchev–Trinajstić information content (AvgIpc) is 2.58. The molecule has 132 valence electrons. The second kappa shape index (κ2) is 7.18. The molecule has 0 aromatic heterocycles. The molecule has 0 radical (unpaired) electrons. The predicted molar refractivity (Wildman–Crippen MR) is 79.1 cm³/mol. The van der Waals surface area contributed by atoms with E-state index in [1.54, 1.807) is 0 Å². The van der Waals surface area contributed by atoms with Crippen LogP contribution in [0.4, 0.5) is 27.6 Å². The summed E-state index contributed by atoms with van der Waals surface area (Å²) in [6, 6.07) is 3.56. The van der Waals surface area contributed by atoms with E-state index >= 15 is 0 Å². The van der Waals surface area contributed by atoms with Gasteiger partial charge in [0.2, 0.25) is 5.82 Å². The summed E-state index contributed by atoms with van der Waals surface area (Å²) >= 11 is 0.116. The number of nitrogens with zero attached hydrogens (tertiary/aromatic N) is 1. The third kappa shape index (κ3) is 3.63. The van der Waals surface area contributed by atoms with Crippen molar-refractivity contribution in [3.63, 3.8) is 0 Å². The summed E-state index contributed by atoms with van der Waals surface area (Å²) in [4.78, 5) is 21.0. The number of carbonyl (C=O) groups is 1. The Bertz CT molecular complexity index is 859. The monoisotopic (exact) mass is 377 g/mol. The van der Waals surface area contributed by atoms with Crippen LogP contribution >= 0.6 is 11.8 Å². The molecule has 0 saturated heterocycles. The fourth-order valence-corrected chi connectivity index (χ4v) is 2.79. The lowest BCUT2D eigenvalue weighted by Gasteiger charge is -2.07. The second-order valence-corrected chi connectivity index (χ2v) is 5.85. The molecule has 0 bridgehead atoms. The van der Waals surface area contributed by atoms with Crippen molar-refractivity contribution in [3.8, 4) is 0 Å². The lowest BCUT2D eigenvalue weighted by Crippen LogP contribution is -2.07. The van der Waals surface area contributed by atoms with E-state index in [2.05, 4.69) is 0 Å². The van der Waals surface area contributed by atoms with Crippen molar-refractivity contribution in [2.45, 2.75) is 11.8 Å². The van der Waals surface area contributed by atoms with Crippen molar-refractivity contribution in [1.29, 1.82) is 0 Å². The number of rotatable bonds is 5. The van der Waals surface area contributed by atoms with Crippen molar-refractivity contribution in [1.82, 2.24) is 0 Å². The number of carbonyl (C=O) groups excluding carboxylic acids is 1. The van der Waals surface area contributed by atoms with Gasteiger partial charge < -0.3 is 0 Å². The minimum atomic E-state index is -2.29. The largest absolute Gasteiger partial charge is 0.293 e. The maximum absolute atomic E-state index is 13.5. The van der Waals surface area contributed by atoms with E-state index in [4.69, 9.17) is 0 Å². The van der Waals surface area contributed by atoms with E-state index in [9.17, 15) is 36.9 Å². The molecule has 0 aliphatic carbocycles. The molecule has 0 atom stereocenters. The minimum absolute atomic E-state index is 0.116. The smallest absolute Gasteiger partial charge is 0.273 e. The topological polar surface area (TPSA) is 60.2 Å². The van der Waals surface area contributed by atoms with Crippen molar-refractivity contribution in [2.75, 3.05) is 5.75 Å². The zero-order chi connectivity index (χ0) is 18.9. The number of nitro groups is 1. The van der Waals surface area contributed by atoms with Crippen molar-refractivity contribution >= 4 is 23.2 Å². The quantitative estimate of drug-likeness (QED) is 0.146. The third-order valence-electron chi connectivity index (χ3n) is 3.24. The molecule has 0 aliphatic rings. The lowest BCUT2D eigenvalue weighted by atomic mass is 10.1. The van der Waals surface area contributed by atoms with Crippen molar-refractivity contribution < 1.29 is 31.7 Å². The molecule has 4 nitrogen and oxygen atoms in total. The highest BCUT2D eigenvalue weighted by Crippen LogP contribution is 2.31. The van der Waals surface area contributed by atoms with Crippen LogP contribution in [0.5, 0.6) is 0 Å². The van der Waals surface area contributed by atoms with Crippen LogP contribution in [0.1, 0.15) is 15.9 Å². The van der Waals surface area contributed by atoms with E-state index in [0.717, 1.165) is 6.07 Å². The van der Waals surface area contributed by atoms with E-state index in [1.165, 1.54) is 19.1 Å². The standard InChI is InChI=1S/C15H8F5NO3S/c1-6-2-3-7(4-8(6)21(23)24)9(22)5-25-15-13(19)11(17)10(16)12(18)14(15)20/h2-4H,5H2,1H3. The van der Waals surface area contributed by atoms with Gasteiger partial charge in [-0.3, -0.25) is 14.9 Å². The normalized spacial score (nSPS) is 10.8. The minimum Gasteiger partial charge on any atom is -0.293 e. The highest BCUT2D eigenvalue weighted by atomic mass is 32.2. The summed E-state index contributed by atoms with van der Waals surface area (Å²) in [6.07, 6.45) is 0. The van der Waals surface area contributed by atoms with Crippen LogP contribution in [0.15, 0.2) is 23.1 Å². The number of nitro benzene ring substituents is 1. The van der Waals surface area contributed by atoms with E-state index in [0.29, 0.717) is 5.56 Å². The molecule has 25 heavy (non-hydrogen) atoms. The zero-order valence-electron chi connectivity index (χ0n) is 12.4. The Morgan fingerprint density at radius 2 is 1.56 bits per heavy atom. The first-order valence-electron chi connectivity index (χ1n) is 6.57. The second-order valence-electron chi connectivity index (χ2n) is 4.87. The summed E-state index contributed by atoms with van der Waals surface area (Å²) < 4.78 is 66.2. The average molecular weight is 377 g/mol. The number of aryl methyl sites for hydroxylation is 1. The molecule has 0 N–H and O–H groups in total. The molecular weight excluding hydrogens is 369 g/mol. The highest BCUT2D eigenvalue weighted by molar-refractivity contribution is 8.00. The summed E-state index contributed by atoms with van der Waals surface area (Å²) in [5, 5.41) is 10.8. The molecule has 0 fully saturated rings. The SMILES string of the molecule is Cc1ccc(C(=O)CSc2c(F)c(F)c(F)c(F)c2F)cc1[N+](=O)[O-]. The molecule has 0 spiro atoms. The van der Waals surface area contributed by atoms with Crippen molar-refractivity contribution in [3.05, 3.63) is 68.5 Å². The molecule has 2 aromatic carbocycles. The number of halogens is 5. The van der Waals surface area contributed by atoms with Crippen molar-refractivity contribution in [2.24, 2.45) is 0 Å². The molecule has 0 saturated carbocycles. The Hall–Kier alpha value is -2.49. The maximum Gasteiger partial charge on any atom is 0.273 e. The first kappa shape index (κ1) is 18.8. The van der Waals surface area contributed by atoms with Crippen LogP contribution in [-0.4, -0.2) is 16.5 Å². The van der Waals surface area contributed by atoms with Crippen LogP contribution < -0.4 is 0 Å². The number of hydrogen-bond acceptors (Lipinski definition) is 4. The summed E-state index contributed by atoms with van der Waals surface area (Å²) in [5.41, 5.74) is -0.144. The van der Waals surface area contributed by atoms with Gasteiger partial charge in [0.15, 0.2) is 29.1 Å². The summed E-state index contributed by atoms with van der Waals surface area (Å²) in [5.74, 6) is -12.0. The van der Waals surface area contributed by atoms with Gasteiger partial charge in [0.05, 0.1) is 15.6 Å². The molecule has 0 heterocycles. The molecule has 0 unspecified atom stereocenters. The maximum atomic E-state index is 13.5. The van der Waals surface area contributed by atoms with Gasteiger partial charge in [0.25, 0.3) is 5.69 Å². The highest BCUT2D eigenvalue weighted by Gasteiger charge is 2.26. The van der Waals surface area contributed by atoms with Crippen LogP contribution in [0.25, 0.3) is 0 Å². The Labute approximate surface area is 141 Å². The van der Waals surface area contributed by atoms with Gasteiger partial charge >= 0.3 is 0 Å². The molecule has 2 aromatic rings. The van der Waals surface area contributed by atoms with E-state index < -0.39 is 50.4 Å². The fraction of sp³-hybridized carbons (Fsp3) is 0.133. The van der Waals surface area contributed by atoms with Crippen LogP contribution in [-0.2, 0) is 0 Å². The van der Waals surface area contributed by atoms with Crippen LogP contribution in [0, 0.1) is 46.1 Å². The molecule has 2 rings (SSSR count). The third-order valence-corrected chi connectivity index (χ3v) is 4.30. The van der Waals surface area contributed by atoms with Gasteiger partial charge in [-0.15, -0.1) is 11.8 Å². The number of benzene rings is 2. The Morgan fingerprint density at radius 1 is 1.04 bits per heavy atom. The van der Waals surface area contributed by atoms with Gasteiger partial charge in [-0.2, -0.15) is 0 Å². The van der Waals surface area contributed by atoms with Gasteiger partial charge in [-0.25, -0.2) is 22.0 Å². The van der Waals surface area contributed by atoms with Gasteiger partial charge in [0, 0.05) is 17.2 Å². The van der Waals surface area contributed by atoms with Gasteiger partial charge in [0.1, 0.15) is 0 Å². The Kier molecular flexibility index (Phi) is 5.41. The fourth-order valence-electron chi connectivity index (χ4n) is 1.91. The van der Waals surface area contributed by atoms with Crippen LogP contribution in [0.2, 0.25) is 0 Å². The number of ketones is 1. The van der Waals surface area contributed by atoms with E-state index in [1.807, 2.05) is 0 Å². The van der Waals surface area contributed by atoms with E-state index in [-0.39, 0.29) is 23.0 Å². The zero-order valence-corrected chi connectivity index (χ0v) is 13.2. The molecular formula is C15H8F5NO3S.